The second kappa shape index (κ2) is 5.33. The lowest BCUT2D eigenvalue weighted by atomic mass is 10.1. The number of halogens is 4. The molecule has 1 heterocycles. The van der Waals surface area contributed by atoms with Crippen molar-refractivity contribution in [2.75, 3.05) is 6.61 Å². The van der Waals surface area contributed by atoms with Crippen molar-refractivity contribution in [3.05, 3.63) is 29.1 Å². The highest BCUT2D eigenvalue weighted by molar-refractivity contribution is 5.69. The van der Waals surface area contributed by atoms with Gasteiger partial charge in [0.25, 0.3) is 0 Å². The molecule has 0 radical (unpaired) electrons. The van der Waals surface area contributed by atoms with Crippen LogP contribution in [-0.2, 0) is 10.9 Å². The number of hydrogen-bond acceptors (Lipinski definition) is 3. The molecule has 8 heteroatoms. The van der Waals surface area contributed by atoms with Crippen LogP contribution in [0.15, 0.2) is 12.1 Å². The van der Waals surface area contributed by atoms with Gasteiger partial charge in [-0.25, -0.2) is 9.18 Å². The van der Waals surface area contributed by atoms with Crippen LogP contribution < -0.4 is 10.1 Å². The molecule has 1 aromatic carbocycles. The number of fused-ring (bicyclic) bond motifs is 1. The molecule has 0 bridgehead atoms. The molecule has 1 N–H and O–H groups in total. The van der Waals surface area contributed by atoms with Crippen molar-refractivity contribution in [1.29, 1.82) is 0 Å². The minimum atomic E-state index is -4.81. The number of alkyl carbamates (subject to hydrolysis) is 1. The van der Waals surface area contributed by atoms with Crippen molar-refractivity contribution >= 4 is 6.09 Å². The minimum Gasteiger partial charge on any atom is -0.491 e. The van der Waals surface area contributed by atoms with Gasteiger partial charge in [-0.15, -0.1) is 0 Å². The average Bonchev–Trinajstić information content (AvgIpc) is 2.67. The van der Waals surface area contributed by atoms with Gasteiger partial charge in [0.2, 0.25) is 0 Å². The Kier molecular flexibility index (Phi) is 3.97. The van der Waals surface area contributed by atoms with E-state index in [1.807, 2.05) is 0 Å². The number of alkyl halides is 3. The Balaban J connectivity index is 2.20. The molecule has 0 aromatic heterocycles. The summed E-state index contributed by atoms with van der Waals surface area (Å²) in [6.45, 7) is 4.91. The van der Waals surface area contributed by atoms with Gasteiger partial charge in [-0.05, 0) is 32.9 Å². The van der Waals surface area contributed by atoms with Crippen LogP contribution in [0.3, 0.4) is 0 Å². The van der Waals surface area contributed by atoms with E-state index < -0.39 is 35.3 Å². The second-order valence-electron chi connectivity index (χ2n) is 5.88. The fraction of sp³-hybridized carbons (Fsp3) is 0.500. The number of hydrogen-bond donors (Lipinski definition) is 1. The summed E-state index contributed by atoms with van der Waals surface area (Å²) in [5.74, 6) is -1.51. The first kappa shape index (κ1) is 16.4. The van der Waals surface area contributed by atoms with E-state index in [1.165, 1.54) is 0 Å². The maximum Gasteiger partial charge on any atom is 0.419 e. The summed E-state index contributed by atoms with van der Waals surface area (Å²) in [5.41, 5.74) is -1.97. The molecule has 2 rings (SSSR count). The van der Waals surface area contributed by atoms with Crippen LogP contribution in [0, 0.1) is 5.82 Å². The van der Waals surface area contributed by atoms with Crippen LogP contribution in [0.2, 0.25) is 0 Å². The standard InChI is InChI=1S/C14H15F4NO3/c1-13(2,3)22-12(20)19-10-6-21-11-5-8(14(16,17)18)9(15)4-7(10)11/h4-5,10H,6H2,1-3H3,(H,19,20). The topological polar surface area (TPSA) is 47.6 Å². The van der Waals surface area contributed by atoms with Crippen LogP contribution in [0.1, 0.15) is 37.9 Å². The van der Waals surface area contributed by atoms with E-state index in [9.17, 15) is 22.4 Å². The number of carbonyl (C=O) groups is 1. The van der Waals surface area contributed by atoms with Gasteiger partial charge in [0.15, 0.2) is 0 Å². The Bertz CT molecular complexity index is 593. The van der Waals surface area contributed by atoms with Gasteiger partial charge in [-0.3, -0.25) is 0 Å². The number of nitrogens with one attached hydrogen (secondary N) is 1. The molecule has 1 aliphatic heterocycles. The molecule has 1 unspecified atom stereocenters. The fourth-order valence-corrected chi connectivity index (χ4v) is 2.02. The van der Waals surface area contributed by atoms with E-state index in [-0.39, 0.29) is 17.9 Å². The monoisotopic (exact) mass is 321 g/mol. The smallest absolute Gasteiger partial charge is 0.419 e. The lowest BCUT2D eigenvalue weighted by Gasteiger charge is -2.21. The van der Waals surface area contributed by atoms with Crippen LogP contribution in [0.5, 0.6) is 5.75 Å². The van der Waals surface area contributed by atoms with E-state index in [2.05, 4.69) is 5.32 Å². The zero-order chi connectivity index (χ0) is 16.7. The second-order valence-corrected chi connectivity index (χ2v) is 5.88. The van der Waals surface area contributed by atoms with Gasteiger partial charge < -0.3 is 14.8 Å². The summed E-state index contributed by atoms with van der Waals surface area (Å²) in [6, 6.07) is 0.566. The molecule has 1 atom stereocenters. The first-order chi connectivity index (χ1) is 9.97. The Morgan fingerprint density at radius 1 is 1.32 bits per heavy atom. The van der Waals surface area contributed by atoms with E-state index >= 15 is 0 Å². The van der Waals surface area contributed by atoms with Crippen molar-refractivity contribution < 1.29 is 31.8 Å². The first-order valence-electron chi connectivity index (χ1n) is 6.50. The van der Waals surface area contributed by atoms with Crippen molar-refractivity contribution in [3.8, 4) is 5.75 Å². The molecular weight excluding hydrogens is 306 g/mol. The van der Waals surface area contributed by atoms with Gasteiger partial charge >= 0.3 is 12.3 Å². The zero-order valence-electron chi connectivity index (χ0n) is 12.2. The SMILES string of the molecule is CC(C)(C)OC(=O)NC1COc2cc(C(F)(F)F)c(F)cc21. The number of ether oxygens (including phenoxy) is 2. The Morgan fingerprint density at radius 3 is 2.50 bits per heavy atom. The Morgan fingerprint density at radius 2 is 1.95 bits per heavy atom. The van der Waals surface area contributed by atoms with Crippen LogP contribution >= 0.6 is 0 Å². The Labute approximate surface area is 124 Å². The van der Waals surface area contributed by atoms with Gasteiger partial charge in [0.1, 0.15) is 23.8 Å². The summed E-state index contributed by atoms with van der Waals surface area (Å²) in [5, 5.41) is 2.44. The lowest BCUT2D eigenvalue weighted by Crippen LogP contribution is -2.35. The van der Waals surface area contributed by atoms with E-state index in [1.54, 1.807) is 20.8 Å². The van der Waals surface area contributed by atoms with E-state index in [4.69, 9.17) is 9.47 Å². The summed E-state index contributed by atoms with van der Waals surface area (Å²) < 4.78 is 61.6. The third kappa shape index (κ3) is 3.61. The van der Waals surface area contributed by atoms with Gasteiger partial charge in [0.05, 0.1) is 11.6 Å². The molecule has 1 amide bonds. The molecular formula is C14H15F4NO3. The normalized spacial score (nSPS) is 17.7. The van der Waals surface area contributed by atoms with E-state index in [0.29, 0.717) is 6.07 Å². The van der Waals surface area contributed by atoms with Crippen molar-refractivity contribution in [2.45, 2.75) is 38.6 Å². The van der Waals surface area contributed by atoms with Crippen molar-refractivity contribution in [3.63, 3.8) is 0 Å². The summed E-state index contributed by atoms with van der Waals surface area (Å²) >= 11 is 0. The predicted molar refractivity (Wildman–Crippen MR) is 69.0 cm³/mol. The third-order valence-corrected chi connectivity index (χ3v) is 2.88. The minimum absolute atomic E-state index is 0.0880. The van der Waals surface area contributed by atoms with Crippen LogP contribution in [0.4, 0.5) is 22.4 Å². The van der Waals surface area contributed by atoms with E-state index in [0.717, 1.165) is 6.07 Å². The molecule has 4 nitrogen and oxygen atoms in total. The number of carbonyl (C=O) groups excluding carboxylic acids is 1. The molecule has 0 spiro atoms. The summed E-state index contributed by atoms with van der Waals surface area (Å²) in [4.78, 5) is 11.7. The highest BCUT2D eigenvalue weighted by atomic mass is 19.4. The summed E-state index contributed by atoms with van der Waals surface area (Å²) in [7, 11) is 0. The maximum absolute atomic E-state index is 13.6. The summed E-state index contributed by atoms with van der Waals surface area (Å²) in [6.07, 6.45) is -5.56. The largest absolute Gasteiger partial charge is 0.491 e. The Hall–Kier alpha value is -1.99. The van der Waals surface area contributed by atoms with Crippen molar-refractivity contribution in [1.82, 2.24) is 5.32 Å². The number of rotatable bonds is 1. The predicted octanol–water partition coefficient (Wildman–Crippen LogP) is 3.80. The van der Waals surface area contributed by atoms with Gasteiger partial charge in [-0.2, -0.15) is 13.2 Å². The molecule has 1 aromatic rings. The van der Waals surface area contributed by atoms with Crippen molar-refractivity contribution in [2.24, 2.45) is 0 Å². The molecule has 0 saturated heterocycles. The van der Waals surface area contributed by atoms with Gasteiger partial charge in [0, 0.05) is 5.56 Å². The zero-order valence-corrected chi connectivity index (χ0v) is 12.2. The number of benzene rings is 1. The number of amides is 1. The quantitative estimate of drug-likeness (QED) is 0.800. The highest BCUT2D eigenvalue weighted by Gasteiger charge is 2.38. The molecule has 0 saturated carbocycles. The van der Waals surface area contributed by atoms with Gasteiger partial charge in [-0.1, -0.05) is 0 Å². The molecule has 122 valence electrons. The molecule has 1 aliphatic rings. The molecule has 22 heavy (non-hydrogen) atoms. The molecule has 0 fully saturated rings. The third-order valence-electron chi connectivity index (χ3n) is 2.88. The highest BCUT2D eigenvalue weighted by Crippen LogP contribution is 2.40. The lowest BCUT2D eigenvalue weighted by molar-refractivity contribution is -0.140. The molecule has 0 aliphatic carbocycles. The average molecular weight is 321 g/mol. The van der Waals surface area contributed by atoms with Crippen LogP contribution in [0.25, 0.3) is 0 Å². The first-order valence-corrected chi connectivity index (χ1v) is 6.50. The maximum atomic E-state index is 13.6. The fourth-order valence-electron chi connectivity index (χ4n) is 2.02. The van der Waals surface area contributed by atoms with Crippen LogP contribution in [-0.4, -0.2) is 18.3 Å².